The molecule has 1 aliphatic rings. The van der Waals surface area contributed by atoms with Gasteiger partial charge < -0.3 is 20.1 Å². The molecule has 168 valence electrons. The topological polar surface area (TPSA) is 57.5 Å². The number of benzene rings is 2. The molecule has 1 atom stereocenters. The molecule has 0 aliphatic carbocycles. The standard InChI is InChI=1S/C25H31FN6/c1-18(21-7-6-8-22(16-21)31-12-4-5-13-31)30-25(27-3)29-17-20-9-10-24(23(26)15-20)32-14-11-28-19(32)2/h6-11,14-16,18H,4-5,12-13,17H2,1-3H3,(H2,27,29,30). The van der Waals surface area contributed by atoms with Crippen LogP contribution in [0.3, 0.4) is 0 Å². The summed E-state index contributed by atoms with van der Waals surface area (Å²) in [5.41, 5.74) is 3.83. The molecule has 0 saturated carbocycles. The highest BCUT2D eigenvalue weighted by molar-refractivity contribution is 5.80. The van der Waals surface area contributed by atoms with Crippen molar-refractivity contribution in [2.24, 2.45) is 4.99 Å². The summed E-state index contributed by atoms with van der Waals surface area (Å²) in [6.45, 7) is 6.71. The summed E-state index contributed by atoms with van der Waals surface area (Å²) < 4.78 is 16.4. The van der Waals surface area contributed by atoms with Crippen LogP contribution >= 0.6 is 0 Å². The van der Waals surface area contributed by atoms with Gasteiger partial charge in [-0.25, -0.2) is 9.37 Å². The highest BCUT2D eigenvalue weighted by Gasteiger charge is 2.15. The minimum absolute atomic E-state index is 0.0899. The predicted molar refractivity (Wildman–Crippen MR) is 128 cm³/mol. The molecular formula is C25H31FN6. The van der Waals surface area contributed by atoms with Gasteiger partial charge in [-0.2, -0.15) is 0 Å². The van der Waals surface area contributed by atoms with Gasteiger partial charge >= 0.3 is 0 Å². The third-order valence-corrected chi connectivity index (χ3v) is 5.98. The lowest BCUT2D eigenvalue weighted by Gasteiger charge is -2.22. The van der Waals surface area contributed by atoms with E-state index < -0.39 is 0 Å². The average molecular weight is 435 g/mol. The molecule has 7 heteroatoms. The molecule has 2 N–H and O–H groups in total. The Hall–Kier alpha value is -3.35. The number of aromatic nitrogens is 2. The molecular weight excluding hydrogens is 403 g/mol. The lowest BCUT2D eigenvalue weighted by molar-refractivity contribution is 0.613. The van der Waals surface area contributed by atoms with Gasteiger partial charge in [-0.1, -0.05) is 18.2 Å². The summed E-state index contributed by atoms with van der Waals surface area (Å²) in [7, 11) is 1.74. The maximum atomic E-state index is 14.7. The number of anilines is 1. The van der Waals surface area contributed by atoms with Crippen molar-refractivity contribution >= 4 is 11.6 Å². The molecule has 0 amide bonds. The Kier molecular flexibility index (Phi) is 6.73. The Morgan fingerprint density at radius 2 is 2.00 bits per heavy atom. The smallest absolute Gasteiger partial charge is 0.191 e. The molecule has 1 fully saturated rings. The average Bonchev–Trinajstić information content (AvgIpc) is 3.49. The van der Waals surface area contributed by atoms with Crippen LogP contribution in [0.4, 0.5) is 10.1 Å². The number of hydrogen-bond acceptors (Lipinski definition) is 3. The highest BCUT2D eigenvalue weighted by Crippen LogP contribution is 2.24. The van der Waals surface area contributed by atoms with Gasteiger partial charge in [-0.05, 0) is 62.1 Å². The fraction of sp³-hybridized carbons (Fsp3) is 0.360. The maximum absolute atomic E-state index is 14.7. The van der Waals surface area contributed by atoms with Crippen molar-refractivity contribution in [1.29, 1.82) is 0 Å². The molecule has 2 aromatic carbocycles. The van der Waals surface area contributed by atoms with E-state index in [0.717, 1.165) is 24.5 Å². The molecule has 0 radical (unpaired) electrons. The van der Waals surface area contributed by atoms with Crippen molar-refractivity contribution in [3.8, 4) is 5.69 Å². The molecule has 32 heavy (non-hydrogen) atoms. The number of imidazole rings is 1. The Labute approximate surface area is 189 Å². The molecule has 4 rings (SSSR count). The zero-order valence-electron chi connectivity index (χ0n) is 19.0. The molecule has 3 aromatic rings. The molecule has 0 spiro atoms. The third kappa shape index (κ3) is 4.93. The first kappa shape index (κ1) is 21.9. The number of nitrogens with one attached hydrogen (secondary N) is 2. The molecule has 1 saturated heterocycles. The van der Waals surface area contributed by atoms with E-state index in [4.69, 9.17) is 0 Å². The van der Waals surface area contributed by atoms with E-state index in [9.17, 15) is 4.39 Å². The Balaban J connectivity index is 1.37. The summed E-state index contributed by atoms with van der Waals surface area (Å²) in [5, 5.41) is 6.73. The maximum Gasteiger partial charge on any atom is 0.191 e. The van der Waals surface area contributed by atoms with Crippen molar-refractivity contribution in [2.75, 3.05) is 25.0 Å². The Morgan fingerprint density at radius 1 is 1.19 bits per heavy atom. The first-order valence-corrected chi connectivity index (χ1v) is 11.2. The number of aryl methyl sites for hydroxylation is 1. The Bertz CT molecular complexity index is 1080. The first-order chi connectivity index (χ1) is 15.5. The van der Waals surface area contributed by atoms with Crippen molar-refractivity contribution in [3.05, 3.63) is 77.6 Å². The lowest BCUT2D eigenvalue weighted by atomic mass is 10.1. The second kappa shape index (κ2) is 9.85. The lowest BCUT2D eigenvalue weighted by Crippen LogP contribution is -2.38. The first-order valence-electron chi connectivity index (χ1n) is 11.2. The summed E-state index contributed by atoms with van der Waals surface area (Å²) >= 11 is 0. The molecule has 1 aromatic heterocycles. The molecule has 0 bridgehead atoms. The van der Waals surface area contributed by atoms with Crippen LogP contribution in [0.5, 0.6) is 0 Å². The number of nitrogens with zero attached hydrogens (tertiary/aromatic N) is 4. The predicted octanol–water partition coefficient (Wildman–Crippen LogP) is 4.35. The van der Waals surface area contributed by atoms with E-state index >= 15 is 0 Å². The van der Waals surface area contributed by atoms with E-state index in [1.54, 1.807) is 36.1 Å². The van der Waals surface area contributed by atoms with E-state index in [0.29, 0.717) is 18.2 Å². The third-order valence-electron chi connectivity index (χ3n) is 5.98. The molecule has 1 aliphatic heterocycles. The second-order valence-corrected chi connectivity index (χ2v) is 8.21. The quantitative estimate of drug-likeness (QED) is 0.447. The number of aliphatic imine (C=N–C) groups is 1. The van der Waals surface area contributed by atoms with Crippen molar-refractivity contribution in [2.45, 2.75) is 39.3 Å². The molecule has 2 heterocycles. The van der Waals surface area contributed by atoms with Gasteiger partial charge in [0.05, 0.1) is 11.7 Å². The van der Waals surface area contributed by atoms with E-state index in [-0.39, 0.29) is 11.9 Å². The van der Waals surface area contributed by atoms with E-state index in [2.05, 4.69) is 56.7 Å². The summed E-state index contributed by atoms with van der Waals surface area (Å²) in [4.78, 5) is 10.9. The van der Waals surface area contributed by atoms with Crippen LogP contribution in [0.1, 0.15) is 42.8 Å². The van der Waals surface area contributed by atoms with Crippen LogP contribution in [0.25, 0.3) is 5.69 Å². The van der Waals surface area contributed by atoms with E-state index in [1.165, 1.54) is 24.1 Å². The van der Waals surface area contributed by atoms with Crippen molar-refractivity contribution < 1.29 is 4.39 Å². The van der Waals surface area contributed by atoms with Crippen LogP contribution in [0.15, 0.2) is 59.9 Å². The van der Waals surface area contributed by atoms with E-state index in [1.807, 2.05) is 13.0 Å². The van der Waals surface area contributed by atoms with Gasteiger partial charge in [0, 0.05) is 44.8 Å². The largest absolute Gasteiger partial charge is 0.372 e. The van der Waals surface area contributed by atoms with Crippen molar-refractivity contribution in [3.63, 3.8) is 0 Å². The molecule has 1 unspecified atom stereocenters. The van der Waals surface area contributed by atoms with Crippen LogP contribution in [0.2, 0.25) is 0 Å². The van der Waals surface area contributed by atoms with Crippen molar-refractivity contribution in [1.82, 2.24) is 20.2 Å². The summed E-state index contributed by atoms with van der Waals surface area (Å²) in [5.74, 6) is 1.15. The fourth-order valence-electron chi connectivity index (χ4n) is 4.12. The monoisotopic (exact) mass is 434 g/mol. The summed E-state index contributed by atoms with van der Waals surface area (Å²) in [6, 6.07) is 14.0. The number of halogens is 1. The van der Waals surface area contributed by atoms with Gasteiger partial charge in [0.15, 0.2) is 5.96 Å². The number of hydrogen-bond donors (Lipinski definition) is 2. The van der Waals surface area contributed by atoms with Gasteiger partial charge in [0.2, 0.25) is 0 Å². The zero-order chi connectivity index (χ0) is 22.5. The second-order valence-electron chi connectivity index (χ2n) is 8.21. The van der Waals surface area contributed by atoms with Crippen LogP contribution < -0.4 is 15.5 Å². The van der Waals surface area contributed by atoms with Crippen LogP contribution in [-0.4, -0.2) is 35.6 Å². The van der Waals surface area contributed by atoms with Gasteiger partial charge in [-0.3, -0.25) is 4.99 Å². The zero-order valence-corrected chi connectivity index (χ0v) is 19.0. The highest BCUT2D eigenvalue weighted by atomic mass is 19.1. The normalized spacial score (nSPS) is 15.1. The fourth-order valence-corrected chi connectivity index (χ4v) is 4.12. The minimum atomic E-state index is -0.277. The van der Waals surface area contributed by atoms with Gasteiger partial charge in [-0.15, -0.1) is 0 Å². The molecule has 6 nitrogen and oxygen atoms in total. The van der Waals surface area contributed by atoms with Gasteiger partial charge in [0.1, 0.15) is 11.6 Å². The van der Waals surface area contributed by atoms with Gasteiger partial charge in [0.25, 0.3) is 0 Å². The summed E-state index contributed by atoms with van der Waals surface area (Å²) in [6.07, 6.45) is 5.95. The van der Waals surface area contributed by atoms with Crippen LogP contribution in [-0.2, 0) is 6.54 Å². The van der Waals surface area contributed by atoms with Crippen LogP contribution in [0, 0.1) is 12.7 Å². The number of guanidine groups is 1. The minimum Gasteiger partial charge on any atom is -0.372 e. The Morgan fingerprint density at radius 3 is 2.69 bits per heavy atom. The SMILES string of the molecule is CN=C(NCc1ccc(-n2ccnc2C)c(F)c1)NC(C)c1cccc(N2CCCC2)c1. The number of rotatable bonds is 6.